The first-order valence-corrected chi connectivity index (χ1v) is 11.4. The molecular formula is C24H32N4O5. The van der Waals surface area contributed by atoms with Crippen molar-refractivity contribution >= 4 is 11.9 Å². The average Bonchev–Trinajstić information content (AvgIpc) is 3.34. The number of nitrogens with zero attached hydrogens (tertiary/aromatic N) is 4. The molecule has 4 rings (SSSR count). The summed E-state index contributed by atoms with van der Waals surface area (Å²) >= 11 is 0. The second-order valence-corrected chi connectivity index (χ2v) is 8.60. The molecule has 2 aliphatic rings. The fourth-order valence-electron chi connectivity index (χ4n) is 4.76. The van der Waals surface area contributed by atoms with Crippen molar-refractivity contribution in [3.8, 4) is 0 Å². The Hall–Kier alpha value is -2.75. The van der Waals surface area contributed by atoms with Crippen molar-refractivity contribution in [2.24, 2.45) is 0 Å². The highest BCUT2D eigenvalue weighted by molar-refractivity contribution is 6.07. The molecule has 0 unspecified atom stereocenters. The van der Waals surface area contributed by atoms with E-state index in [-0.39, 0.29) is 18.5 Å². The predicted octanol–water partition coefficient (Wildman–Crippen LogP) is 2.66. The number of likely N-dealkylation sites (tertiary alicyclic amines) is 1. The minimum Gasteiger partial charge on any atom is -0.462 e. The largest absolute Gasteiger partial charge is 0.462 e. The number of amides is 3. The molecule has 0 saturated carbocycles. The summed E-state index contributed by atoms with van der Waals surface area (Å²) in [4.78, 5) is 36.7. The third-order valence-electron chi connectivity index (χ3n) is 6.46. The van der Waals surface area contributed by atoms with E-state index in [1.165, 1.54) is 4.90 Å². The van der Waals surface area contributed by atoms with E-state index < -0.39 is 5.54 Å². The zero-order valence-corrected chi connectivity index (χ0v) is 19.4. The number of piperidine rings is 1. The number of carbonyl (C=O) groups is 2. The molecule has 9 heteroatoms. The summed E-state index contributed by atoms with van der Waals surface area (Å²) in [5.74, 6) is 1.56. The topological polar surface area (TPSA) is 88.4 Å². The summed E-state index contributed by atoms with van der Waals surface area (Å²) in [7, 11) is 3.28. The number of hydrogen-bond acceptors (Lipinski definition) is 7. The molecule has 0 aliphatic carbocycles. The second kappa shape index (κ2) is 10.5. The van der Waals surface area contributed by atoms with E-state index >= 15 is 0 Å². The number of carbonyl (C=O) groups excluding carboxylic acids is 2. The summed E-state index contributed by atoms with van der Waals surface area (Å²) < 4.78 is 16.1. The van der Waals surface area contributed by atoms with E-state index in [0.717, 1.165) is 11.5 Å². The van der Waals surface area contributed by atoms with Gasteiger partial charge in [-0.25, -0.2) is 4.79 Å². The first kappa shape index (κ1) is 23.4. The van der Waals surface area contributed by atoms with Crippen LogP contribution >= 0.6 is 0 Å². The lowest BCUT2D eigenvalue weighted by atomic mass is 9.85. The Kier molecular flexibility index (Phi) is 7.42. The summed E-state index contributed by atoms with van der Waals surface area (Å²) in [6.45, 7) is 3.76. The van der Waals surface area contributed by atoms with E-state index in [9.17, 15) is 9.59 Å². The van der Waals surface area contributed by atoms with Crippen LogP contribution in [0.3, 0.4) is 0 Å². The molecule has 0 radical (unpaired) electrons. The highest BCUT2D eigenvalue weighted by Gasteiger charge is 2.57. The number of rotatable bonds is 10. The van der Waals surface area contributed by atoms with Crippen molar-refractivity contribution in [3.63, 3.8) is 0 Å². The van der Waals surface area contributed by atoms with Crippen molar-refractivity contribution in [2.75, 3.05) is 40.5 Å². The Balaban J connectivity index is 1.47. The number of imide groups is 1. The van der Waals surface area contributed by atoms with Crippen LogP contribution in [0.2, 0.25) is 0 Å². The molecule has 2 aromatic heterocycles. The van der Waals surface area contributed by atoms with Gasteiger partial charge in [0.15, 0.2) is 0 Å². The molecule has 2 aliphatic heterocycles. The van der Waals surface area contributed by atoms with Crippen molar-refractivity contribution < 1.29 is 23.5 Å². The standard InChI is InChI=1S/C24H32N4O5/c1-31-15-5-12-28-23(30)27(16-19-6-3-4-11-25-19)22(29)24(28)9-13-26(14-10-24)17-20-7-8-21(33-20)18-32-2/h3-4,6-8,11H,5,9-10,12-18H2,1-2H3. The van der Waals surface area contributed by atoms with Crippen molar-refractivity contribution in [1.82, 2.24) is 19.7 Å². The van der Waals surface area contributed by atoms with Gasteiger partial charge in [-0.2, -0.15) is 0 Å². The lowest BCUT2D eigenvalue weighted by Crippen LogP contribution is -2.56. The minimum absolute atomic E-state index is 0.115. The van der Waals surface area contributed by atoms with Gasteiger partial charge in [-0.1, -0.05) is 6.07 Å². The number of aromatic nitrogens is 1. The summed E-state index contributed by atoms with van der Waals surface area (Å²) in [6, 6.07) is 9.19. The van der Waals surface area contributed by atoms with Crippen LogP contribution in [0.5, 0.6) is 0 Å². The van der Waals surface area contributed by atoms with Gasteiger partial charge < -0.3 is 18.8 Å². The van der Waals surface area contributed by atoms with E-state index in [4.69, 9.17) is 13.9 Å². The number of pyridine rings is 1. The van der Waals surface area contributed by atoms with Gasteiger partial charge in [-0.05, 0) is 43.5 Å². The molecule has 2 saturated heterocycles. The van der Waals surface area contributed by atoms with Gasteiger partial charge in [0, 0.05) is 46.7 Å². The molecule has 9 nitrogen and oxygen atoms in total. The maximum Gasteiger partial charge on any atom is 0.328 e. The molecule has 0 aromatic carbocycles. The zero-order chi connectivity index (χ0) is 23.3. The van der Waals surface area contributed by atoms with Crippen molar-refractivity contribution in [1.29, 1.82) is 0 Å². The molecule has 178 valence electrons. The summed E-state index contributed by atoms with van der Waals surface area (Å²) in [5.41, 5.74) is -0.101. The SMILES string of the molecule is COCCCN1C(=O)N(Cc2ccccn2)C(=O)C12CCN(Cc1ccc(COC)o1)CC2. The van der Waals surface area contributed by atoms with Crippen molar-refractivity contribution in [3.05, 3.63) is 53.7 Å². The fraction of sp³-hybridized carbons (Fsp3) is 0.542. The molecule has 2 aromatic rings. The van der Waals surface area contributed by atoms with E-state index in [0.29, 0.717) is 64.3 Å². The van der Waals surface area contributed by atoms with E-state index in [2.05, 4.69) is 9.88 Å². The van der Waals surface area contributed by atoms with Gasteiger partial charge in [0.1, 0.15) is 23.7 Å². The smallest absolute Gasteiger partial charge is 0.328 e. The van der Waals surface area contributed by atoms with Crippen LogP contribution in [0.4, 0.5) is 4.79 Å². The molecule has 3 amide bonds. The third kappa shape index (κ3) is 4.95. The van der Waals surface area contributed by atoms with Crippen LogP contribution in [-0.4, -0.2) is 77.6 Å². The summed E-state index contributed by atoms with van der Waals surface area (Å²) in [5, 5.41) is 0. The zero-order valence-electron chi connectivity index (χ0n) is 19.4. The van der Waals surface area contributed by atoms with Crippen LogP contribution in [0.25, 0.3) is 0 Å². The fourth-order valence-corrected chi connectivity index (χ4v) is 4.76. The Labute approximate surface area is 194 Å². The minimum atomic E-state index is -0.805. The number of ether oxygens (including phenoxy) is 2. The second-order valence-electron chi connectivity index (χ2n) is 8.60. The van der Waals surface area contributed by atoms with Crippen molar-refractivity contribution in [2.45, 2.75) is 44.5 Å². The van der Waals surface area contributed by atoms with E-state index in [1.807, 2.05) is 30.3 Å². The number of methoxy groups -OCH3 is 2. The van der Waals surface area contributed by atoms with Gasteiger partial charge in [-0.15, -0.1) is 0 Å². The monoisotopic (exact) mass is 456 g/mol. The Bertz CT molecular complexity index is 939. The van der Waals surface area contributed by atoms with Crippen LogP contribution in [0.1, 0.15) is 36.5 Å². The molecule has 0 bridgehead atoms. The van der Waals surface area contributed by atoms with Crippen LogP contribution in [0.15, 0.2) is 40.9 Å². The highest BCUT2D eigenvalue weighted by atomic mass is 16.5. The van der Waals surface area contributed by atoms with Crippen LogP contribution < -0.4 is 0 Å². The molecule has 0 N–H and O–H groups in total. The maximum absolute atomic E-state index is 13.6. The lowest BCUT2D eigenvalue weighted by Gasteiger charge is -2.42. The highest BCUT2D eigenvalue weighted by Crippen LogP contribution is 2.38. The molecule has 33 heavy (non-hydrogen) atoms. The normalized spacial score (nSPS) is 18.6. The van der Waals surface area contributed by atoms with Gasteiger partial charge >= 0.3 is 6.03 Å². The third-order valence-corrected chi connectivity index (χ3v) is 6.46. The molecular weight excluding hydrogens is 424 g/mol. The Morgan fingerprint density at radius 3 is 2.52 bits per heavy atom. The van der Waals surface area contributed by atoms with Gasteiger partial charge in [-0.3, -0.25) is 19.6 Å². The molecule has 1 spiro atoms. The van der Waals surface area contributed by atoms with Gasteiger partial charge in [0.25, 0.3) is 5.91 Å². The first-order chi connectivity index (χ1) is 16.1. The average molecular weight is 457 g/mol. The van der Waals surface area contributed by atoms with Crippen LogP contribution in [0, 0.1) is 0 Å². The maximum atomic E-state index is 13.6. The van der Waals surface area contributed by atoms with Gasteiger partial charge in [0.05, 0.1) is 18.8 Å². The Morgan fingerprint density at radius 1 is 1.03 bits per heavy atom. The molecule has 2 fully saturated rings. The van der Waals surface area contributed by atoms with Crippen LogP contribution in [-0.2, 0) is 34.0 Å². The van der Waals surface area contributed by atoms with Gasteiger partial charge in [0.2, 0.25) is 0 Å². The quantitative estimate of drug-likeness (QED) is 0.401. The summed E-state index contributed by atoms with van der Waals surface area (Å²) in [6.07, 6.45) is 3.55. The van der Waals surface area contributed by atoms with E-state index in [1.54, 1.807) is 25.3 Å². The first-order valence-electron chi connectivity index (χ1n) is 11.4. The number of urea groups is 1. The molecule has 0 atom stereocenters. The molecule has 4 heterocycles. The Morgan fingerprint density at radius 2 is 1.82 bits per heavy atom. The lowest BCUT2D eigenvalue weighted by molar-refractivity contribution is -0.136. The number of furan rings is 1. The predicted molar refractivity (Wildman–Crippen MR) is 120 cm³/mol. The number of hydrogen-bond donors (Lipinski definition) is 0.